The van der Waals surface area contributed by atoms with Crippen molar-refractivity contribution in [2.24, 2.45) is 21.4 Å². The van der Waals surface area contributed by atoms with Gasteiger partial charge in [-0.05, 0) is 66.8 Å². The van der Waals surface area contributed by atoms with Crippen LogP contribution in [-0.4, -0.2) is 24.7 Å². The minimum Gasteiger partial charge on any atom is -0.497 e. The molecule has 0 radical (unpaired) electrons. The van der Waals surface area contributed by atoms with Gasteiger partial charge in [0.2, 0.25) is 5.91 Å². The fourth-order valence-corrected chi connectivity index (χ4v) is 5.18. The van der Waals surface area contributed by atoms with Gasteiger partial charge in [0.1, 0.15) is 11.6 Å². The van der Waals surface area contributed by atoms with Crippen LogP contribution in [0.1, 0.15) is 50.4 Å². The molecule has 32 heavy (non-hydrogen) atoms. The molecule has 2 saturated carbocycles. The topological polar surface area (TPSA) is 77.0 Å². The van der Waals surface area contributed by atoms with Gasteiger partial charge in [-0.2, -0.15) is 0 Å². The monoisotopic (exact) mass is 438 g/mol. The van der Waals surface area contributed by atoms with Gasteiger partial charge in [-0.15, -0.1) is 0 Å². The molecule has 7 heteroatoms. The summed E-state index contributed by atoms with van der Waals surface area (Å²) in [7, 11) is 1.55. The highest BCUT2D eigenvalue weighted by Crippen LogP contribution is 2.71. The number of anilines is 1. The first-order valence-corrected chi connectivity index (χ1v) is 10.6. The Morgan fingerprint density at radius 2 is 1.66 bits per heavy atom. The maximum atomic E-state index is 13.4. The number of halogens is 1. The third kappa shape index (κ3) is 3.27. The van der Waals surface area contributed by atoms with Crippen molar-refractivity contribution in [3.8, 4) is 5.75 Å². The molecule has 0 spiro atoms. The quantitative estimate of drug-likeness (QED) is 0.514. The smallest absolute Gasteiger partial charge is 0.365 e. The number of oxime groups is 1. The average Bonchev–Trinajstić information content (AvgIpc) is 3.09. The number of hydrogen-bond acceptors (Lipinski definition) is 5. The molecule has 0 aliphatic heterocycles. The number of rotatable bonds is 5. The van der Waals surface area contributed by atoms with Gasteiger partial charge in [0.15, 0.2) is 0 Å². The van der Waals surface area contributed by atoms with Crippen LogP contribution in [0.5, 0.6) is 5.75 Å². The molecule has 2 bridgehead atoms. The van der Waals surface area contributed by atoms with Crippen LogP contribution in [0, 0.1) is 22.1 Å². The lowest BCUT2D eigenvalue weighted by Gasteiger charge is -2.39. The molecular formula is C25H27FN2O4. The van der Waals surface area contributed by atoms with E-state index in [9.17, 15) is 14.0 Å². The largest absolute Gasteiger partial charge is 0.497 e. The summed E-state index contributed by atoms with van der Waals surface area (Å²) in [5.74, 6) is -0.396. The van der Waals surface area contributed by atoms with E-state index in [1.54, 1.807) is 43.5 Å². The molecule has 2 aromatic rings. The Kier molecular flexibility index (Phi) is 5.31. The average molecular weight is 438 g/mol. The predicted octanol–water partition coefficient (Wildman–Crippen LogP) is 5.20. The van der Waals surface area contributed by atoms with Crippen LogP contribution in [0.15, 0.2) is 53.7 Å². The Bertz CT molecular complexity index is 1080. The molecule has 4 rings (SSSR count). The van der Waals surface area contributed by atoms with Crippen LogP contribution in [0.4, 0.5) is 10.1 Å². The van der Waals surface area contributed by atoms with Crippen molar-refractivity contribution in [1.29, 1.82) is 0 Å². The lowest BCUT2D eigenvalue weighted by Crippen LogP contribution is -2.43. The molecule has 2 unspecified atom stereocenters. The van der Waals surface area contributed by atoms with Crippen LogP contribution < -0.4 is 10.1 Å². The third-order valence-electron chi connectivity index (χ3n) is 7.83. The number of hydrogen-bond donors (Lipinski definition) is 1. The summed E-state index contributed by atoms with van der Waals surface area (Å²) >= 11 is 0. The Hall–Kier alpha value is -3.22. The highest BCUT2D eigenvalue weighted by Gasteiger charge is 2.71. The van der Waals surface area contributed by atoms with E-state index in [2.05, 4.69) is 31.2 Å². The molecule has 2 aliphatic rings. The lowest BCUT2D eigenvalue weighted by atomic mass is 9.64. The number of nitrogens with zero attached hydrogens (tertiary/aromatic N) is 1. The molecule has 0 heterocycles. The molecule has 168 valence electrons. The van der Waals surface area contributed by atoms with Crippen LogP contribution in [0.3, 0.4) is 0 Å². The highest BCUT2D eigenvalue weighted by atomic mass is 19.1. The highest BCUT2D eigenvalue weighted by molar-refractivity contribution is 6.06. The maximum absolute atomic E-state index is 13.4. The molecule has 2 aromatic carbocycles. The number of fused-ring (bicyclic) bond motifs is 2. The van der Waals surface area contributed by atoms with Crippen molar-refractivity contribution in [3.63, 3.8) is 0 Å². The van der Waals surface area contributed by atoms with Gasteiger partial charge in [0.25, 0.3) is 0 Å². The standard InChI is InChI=1S/C25H27FN2O4/c1-23(2)24(3)13-14-25(23,22(30)27-18-9-7-17(26)8-10-18)15-20(24)28-32-21(29)16-5-11-19(31-4)12-6-16/h5-12H,13-15H2,1-4H3,(H,27,30). The molecule has 0 aromatic heterocycles. The molecular weight excluding hydrogens is 411 g/mol. The van der Waals surface area contributed by atoms with E-state index in [0.717, 1.165) is 6.42 Å². The number of ether oxygens (including phenoxy) is 1. The van der Waals surface area contributed by atoms with E-state index < -0.39 is 16.8 Å². The predicted molar refractivity (Wildman–Crippen MR) is 119 cm³/mol. The Balaban J connectivity index is 1.55. The Morgan fingerprint density at radius 1 is 1.00 bits per heavy atom. The normalized spacial score (nSPS) is 26.7. The minimum absolute atomic E-state index is 0.121. The second-order valence-corrected chi connectivity index (χ2v) is 9.32. The zero-order chi connectivity index (χ0) is 23.1. The van der Waals surface area contributed by atoms with Crippen LogP contribution in [-0.2, 0) is 9.63 Å². The van der Waals surface area contributed by atoms with E-state index >= 15 is 0 Å². The lowest BCUT2D eigenvalue weighted by molar-refractivity contribution is -0.130. The van der Waals surface area contributed by atoms with Crippen molar-refractivity contribution >= 4 is 23.3 Å². The van der Waals surface area contributed by atoms with Crippen molar-refractivity contribution in [1.82, 2.24) is 0 Å². The summed E-state index contributed by atoms with van der Waals surface area (Å²) in [5, 5.41) is 7.19. The van der Waals surface area contributed by atoms with E-state index in [1.807, 2.05) is 0 Å². The summed E-state index contributed by atoms with van der Waals surface area (Å²) in [6, 6.07) is 12.3. The molecule has 2 atom stereocenters. The number of benzene rings is 2. The first-order chi connectivity index (χ1) is 15.1. The summed E-state index contributed by atoms with van der Waals surface area (Å²) in [5.41, 5.74) is 0.146. The molecule has 0 saturated heterocycles. The minimum atomic E-state index is -0.693. The fraction of sp³-hybridized carbons (Fsp3) is 0.400. The number of nitrogens with one attached hydrogen (secondary N) is 1. The molecule has 1 amide bonds. The second kappa shape index (κ2) is 7.73. The summed E-state index contributed by atoms with van der Waals surface area (Å²) in [6.45, 7) is 6.21. The van der Waals surface area contributed by atoms with Crippen molar-refractivity contribution in [2.75, 3.05) is 12.4 Å². The number of carbonyl (C=O) groups excluding carboxylic acids is 2. The number of carbonyl (C=O) groups is 2. The van der Waals surface area contributed by atoms with Gasteiger partial charge in [0.05, 0.1) is 23.8 Å². The van der Waals surface area contributed by atoms with Gasteiger partial charge >= 0.3 is 5.97 Å². The van der Waals surface area contributed by atoms with Gasteiger partial charge in [0, 0.05) is 17.5 Å². The van der Waals surface area contributed by atoms with E-state index in [1.165, 1.54) is 12.1 Å². The van der Waals surface area contributed by atoms with Gasteiger partial charge in [-0.1, -0.05) is 25.9 Å². The summed E-state index contributed by atoms with van der Waals surface area (Å²) < 4.78 is 18.3. The molecule has 2 aliphatic carbocycles. The van der Waals surface area contributed by atoms with E-state index in [-0.39, 0.29) is 17.1 Å². The zero-order valence-corrected chi connectivity index (χ0v) is 18.7. The number of amides is 1. The number of methoxy groups -OCH3 is 1. The van der Waals surface area contributed by atoms with Gasteiger partial charge < -0.3 is 14.9 Å². The van der Waals surface area contributed by atoms with Gasteiger partial charge in [-0.25, -0.2) is 9.18 Å². The summed E-state index contributed by atoms with van der Waals surface area (Å²) in [6.07, 6.45) is 1.87. The van der Waals surface area contributed by atoms with Crippen LogP contribution in [0.25, 0.3) is 0 Å². The van der Waals surface area contributed by atoms with E-state index in [4.69, 9.17) is 9.57 Å². The van der Waals surface area contributed by atoms with Crippen LogP contribution in [0.2, 0.25) is 0 Å². The van der Waals surface area contributed by atoms with Crippen molar-refractivity contribution in [3.05, 3.63) is 59.9 Å². The molecule has 1 N–H and O–H groups in total. The first kappa shape index (κ1) is 22.0. The van der Waals surface area contributed by atoms with Gasteiger partial charge in [-0.3, -0.25) is 4.79 Å². The SMILES string of the molecule is COc1ccc(C(=O)ON=C2CC3(C(=O)Nc4ccc(F)cc4)CCC2(C)C3(C)C)cc1. The summed E-state index contributed by atoms with van der Waals surface area (Å²) in [4.78, 5) is 31.2. The molecule has 6 nitrogen and oxygen atoms in total. The Labute approximate surface area is 186 Å². The maximum Gasteiger partial charge on any atom is 0.365 e. The molecule has 2 fully saturated rings. The van der Waals surface area contributed by atoms with E-state index in [0.29, 0.717) is 35.6 Å². The zero-order valence-electron chi connectivity index (χ0n) is 18.7. The third-order valence-corrected chi connectivity index (χ3v) is 7.83. The Morgan fingerprint density at radius 3 is 2.28 bits per heavy atom. The second-order valence-electron chi connectivity index (χ2n) is 9.32. The van der Waals surface area contributed by atoms with Crippen molar-refractivity contribution in [2.45, 2.75) is 40.0 Å². The first-order valence-electron chi connectivity index (χ1n) is 10.6. The van der Waals surface area contributed by atoms with Crippen molar-refractivity contribution < 1.29 is 23.6 Å². The fourth-order valence-electron chi connectivity index (χ4n) is 5.18. The van der Waals surface area contributed by atoms with Crippen LogP contribution >= 0.6 is 0 Å².